The van der Waals surface area contributed by atoms with Crippen LogP contribution in [0.25, 0.3) is 21.9 Å². The molecule has 0 fully saturated rings. The van der Waals surface area contributed by atoms with Crippen LogP contribution in [0.4, 0.5) is 16.3 Å². The number of carbonyl (C=O) groups excluding carboxylic acids is 1. The van der Waals surface area contributed by atoms with Crippen LogP contribution in [0.5, 0.6) is 0 Å². The van der Waals surface area contributed by atoms with Gasteiger partial charge in [0.05, 0.1) is 29.0 Å². The van der Waals surface area contributed by atoms with Crippen molar-refractivity contribution in [1.82, 2.24) is 19.9 Å². The SMILES string of the molecule is N#Cc1cccc(NC(=O)NCCCCn2cnc3c(N)nc4ccccc4c32)c1. The third kappa shape index (κ3) is 4.00. The van der Waals surface area contributed by atoms with Crippen molar-refractivity contribution in [3.63, 3.8) is 0 Å². The number of carbonyl (C=O) groups is 1. The summed E-state index contributed by atoms with van der Waals surface area (Å²) in [5.41, 5.74) is 9.71. The Balaban J connectivity index is 1.32. The number of hydrogen-bond acceptors (Lipinski definition) is 5. The number of fused-ring (bicyclic) bond motifs is 3. The molecule has 0 spiro atoms. The van der Waals surface area contributed by atoms with Crippen LogP contribution in [0.3, 0.4) is 0 Å². The zero-order valence-electron chi connectivity index (χ0n) is 16.3. The first kappa shape index (κ1) is 19.2. The van der Waals surface area contributed by atoms with E-state index in [1.165, 1.54) is 0 Å². The molecule has 0 radical (unpaired) electrons. The second-order valence-corrected chi connectivity index (χ2v) is 6.93. The van der Waals surface area contributed by atoms with Gasteiger partial charge in [-0.3, -0.25) is 0 Å². The Bertz CT molecular complexity index is 1260. The van der Waals surface area contributed by atoms with Gasteiger partial charge in [-0.15, -0.1) is 0 Å². The van der Waals surface area contributed by atoms with Gasteiger partial charge in [-0.1, -0.05) is 24.3 Å². The molecule has 2 heterocycles. The summed E-state index contributed by atoms with van der Waals surface area (Å²) in [7, 11) is 0. The fourth-order valence-electron chi connectivity index (χ4n) is 3.43. The number of benzene rings is 2. The van der Waals surface area contributed by atoms with Gasteiger partial charge in [0.25, 0.3) is 0 Å². The van der Waals surface area contributed by atoms with Crippen LogP contribution < -0.4 is 16.4 Å². The quantitative estimate of drug-likeness (QED) is 0.427. The molecule has 0 bridgehead atoms. The molecule has 0 saturated heterocycles. The summed E-state index contributed by atoms with van der Waals surface area (Å²) >= 11 is 0. The Labute approximate surface area is 173 Å². The van der Waals surface area contributed by atoms with Crippen molar-refractivity contribution in [3.05, 3.63) is 60.4 Å². The molecule has 2 amide bonds. The molecule has 0 aliphatic rings. The van der Waals surface area contributed by atoms with Crippen LogP contribution in [-0.4, -0.2) is 27.1 Å². The number of nitriles is 1. The summed E-state index contributed by atoms with van der Waals surface area (Å²) < 4.78 is 2.09. The number of aromatic nitrogens is 3. The number of unbranched alkanes of at least 4 members (excludes halogenated alkanes) is 1. The monoisotopic (exact) mass is 399 g/mol. The molecular formula is C22H21N7O. The molecule has 2 aromatic carbocycles. The molecule has 8 nitrogen and oxygen atoms in total. The topological polar surface area (TPSA) is 122 Å². The first-order valence-corrected chi connectivity index (χ1v) is 9.70. The number of aryl methyl sites for hydroxylation is 1. The second-order valence-electron chi connectivity index (χ2n) is 6.93. The number of hydrogen-bond donors (Lipinski definition) is 3. The zero-order chi connectivity index (χ0) is 20.9. The molecule has 0 saturated carbocycles. The summed E-state index contributed by atoms with van der Waals surface area (Å²) in [5.74, 6) is 0.432. The number of nitrogen functional groups attached to an aromatic ring is 1. The van der Waals surface area contributed by atoms with Gasteiger partial charge in [0.2, 0.25) is 0 Å². The minimum Gasteiger partial charge on any atom is -0.382 e. The van der Waals surface area contributed by atoms with Crippen LogP contribution >= 0.6 is 0 Å². The molecule has 150 valence electrons. The maximum atomic E-state index is 12.0. The minimum atomic E-state index is -0.289. The molecule has 8 heteroatoms. The highest BCUT2D eigenvalue weighted by molar-refractivity contribution is 6.06. The van der Waals surface area contributed by atoms with E-state index in [9.17, 15) is 4.79 Å². The Morgan fingerprint density at radius 3 is 2.90 bits per heavy atom. The van der Waals surface area contributed by atoms with Crippen LogP contribution in [0.15, 0.2) is 54.9 Å². The van der Waals surface area contributed by atoms with Gasteiger partial charge in [0.1, 0.15) is 5.52 Å². The number of urea groups is 1. The van der Waals surface area contributed by atoms with Gasteiger partial charge < -0.3 is 20.9 Å². The van der Waals surface area contributed by atoms with Gasteiger partial charge in [-0.25, -0.2) is 14.8 Å². The minimum absolute atomic E-state index is 0.289. The van der Waals surface area contributed by atoms with Crippen molar-refractivity contribution in [2.24, 2.45) is 0 Å². The predicted molar refractivity (Wildman–Crippen MR) is 117 cm³/mol. The van der Waals surface area contributed by atoms with E-state index in [2.05, 4.69) is 31.2 Å². The van der Waals surface area contributed by atoms with Crippen molar-refractivity contribution < 1.29 is 4.79 Å². The van der Waals surface area contributed by atoms with E-state index in [-0.39, 0.29) is 6.03 Å². The molecule has 30 heavy (non-hydrogen) atoms. The maximum absolute atomic E-state index is 12.0. The summed E-state index contributed by atoms with van der Waals surface area (Å²) in [5, 5.41) is 15.5. The van der Waals surface area contributed by atoms with Crippen molar-refractivity contribution in [2.75, 3.05) is 17.6 Å². The highest BCUT2D eigenvalue weighted by Gasteiger charge is 2.11. The summed E-state index contributed by atoms with van der Waals surface area (Å²) in [6.07, 6.45) is 3.47. The summed E-state index contributed by atoms with van der Waals surface area (Å²) in [4.78, 5) is 20.9. The number of pyridine rings is 1. The lowest BCUT2D eigenvalue weighted by molar-refractivity contribution is 0.252. The summed E-state index contributed by atoms with van der Waals surface area (Å²) in [6, 6.07) is 16.4. The van der Waals surface area contributed by atoms with E-state index in [1.54, 1.807) is 30.6 Å². The lowest BCUT2D eigenvalue weighted by Gasteiger charge is -2.09. The zero-order valence-corrected chi connectivity index (χ0v) is 16.3. The number of nitrogens with two attached hydrogens (primary N) is 1. The largest absolute Gasteiger partial charge is 0.382 e. The van der Waals surface area contributed by atoms with Crippen LogP contribution in [0.2, 0.25) is 0 Å². The fraction of sp³-hybridized carbons (Fsp3) is 0.182. The van der Waals surface area contributed by atoms with Crippen LogP contribution in [0, 0.1) is 11.3 Å². The van der Waals surface area contributed by atoms with Crippen molar-refractivity contribution in [2.45, 2.75) is 19.4 Å². The second kappa shape index (κ2) is 8.49. The standard InChI is InChI=1S/C22H21N7O/c23-13-15-6-5-7-16(12-15)27-22(30)25-10-3-4-11-29-14-26-19-20(29)17-8-1-2-9-18(17)28-21(19)24/h1-2,5-9,12,14H,3-4,10-11H2,(H2,24,28)(H2,25,27,30). The van der Waals surface area contributed by atoms with Crippen LogP contribution in [0.1, 0.15) is 18.4 Å². The number of nitrogens with one attached hydrogen (secondary N) is 2. The highest BCUT2D eigenvalue weighted by atomic mass is 16.2. The lowest BCUT2D eigenvalue weighted by Crippen LogP contribution is -2.29. The third-order valence-corrected chi connectivity index (χ3v) is 4.84. The molecule has 0 aliphatic heterocycles. The first-order chi connectivity index (χ1) is 14.7. The number of nitrogens with zero attached hydrogens (tertiary/aromatic N) is 4. The average Bonchev–Trinajstić information content (AvgIpc) is 3.19. The van der Waals surface area contributed by atoms with Crippen molar-refractivity contribution in [3.8, 4) is 6.07 Å². The molecule has 0 atom stereocenters. The van der Waals surface area contributed by atoms with Gasteiger partial charge in [-0.05, 0) is 37.1 Å². The van der Waals surface area contributed by atoms with E-state index < -0.39 is 0 Å². The molecule has 0 unspecified atom stereocenters. The molecule has 4 N–H and O–H groups in total. The van der Waals surface area contributed by atoms with Gasteiger partial charge in [0, 0.05) is 24.2 Å². The van der Waals surface area contributed by atoms with Gasteiger partial charge >= 0.3 is 6.03 Å². The maximum Gasteiger partial charge on any atom is 0.319 e. The van der Waals surface area contributed by atoms with Crippen LogP contribution in [-0.2, 0) is 6.54 Å². The van der Waals surface area contributed by atoms with Gasteiger partial charge in [-0.2, -0.15) is 5.26 Å². The molecule has 4 rings (SSSR count). The Hall–Kier alpha value is -4.12. The first-order valence-electron chi connectivity index (χ1n) is 9.70. The third-order valence-electron chi connectivity index (χ3n) is 4.84. The smallest absolute Gasteiger partial charge is 0.319 e. The molecule has 4 aromatic rings. The lowest BCUT2D eigenvalue weighted by atomic mass is 10.2. The van der Waals surface area contributed by atoms with E-state index in [4.69, 9.17) is 11.0 Å². The van der Waals surface area contributed by atoms with Gasteiger partial charge in [0.15, 0.2) is 5.82 Å². The number of imidazole rings is 1. The Kier molecular flexibility index (Phi) is 5.44. The normalized spacial score (nSPS) is 10.8. The number of para-hydroxylation sites is 1. The van der Waals surface area contributed by atoms with E-state index in [0.717, 1.165) is 35.8 Å². The Morgan fingerprint density at radius 1 is 1.17 bits per heavy atom. The average molecular weight is 399 g/mol. The summed E-state index contributed by atoms with van der Waals surface area (Å²) in [6.45, 7) is 1.30. The van der Waals surface area contributed by atoms with E-state index >= 15 is 0 Å². The Morgan fingerprint density at radius 2 is 2.03 bits per heavy atom. The van der Waals surface area contributed by atoms with Crippen molar-refractivity contribution in [1.29, 1.82) is 5.26 Å². The number of anilines is 2. The highest BCUT2D eigenvalue weighted by Crippen LogP contribution is 2.27. The fourth-order valence-corrected chi connectivity index (χ4v) is 3.43. The molecule has 0 aliphatic carbocycles. The predicted octanol–water partition coefficient (Wildman–Crippen LogP) is 3.64. The molecule has 2 aromatic heterocycles. The van der Waals surface area contributed by atoms with E-state index in [1.807, 2.05) is 24.3 Å². The van der Waals surface area contributed by atoms with Crippen molar-refractivity contribution >= 4 is 39.5 Å². The molecular weight excluding hydrogens is 378 g/mol. The van der Waals surface area contributed by atoms with E-state index in [0.29, 0.717) is 29.1 Å². The number of rotatable bonds is 6. The number of amides is 2.